The molecule has 0 saturated carbocycles. The van der Waals surface area contributed by atoms with Gasteiger partial charge in [0.2, 0.25) is 0 Å². The highest BCUT2D eigenvalue weighted by atomic mass is 32.2. The first-order valence-electron chi connectivity index (χ1n) is 15.9. The number of nitrogens with zero attached hydrogens (tertiary/aromatic N) is 6. The van der Waals surface area contributed by atoms with Crippen molar-refractivity contribution in [3.05, 3.63) is 97.1 Å². The van der Waals surface area contributed by atoms with Gasteiger partial charge in [0.15, 0.2) is 5.75 Å². The second kappa shape index (κ2) is 15.8. The lowest BCUT2D eigenvalue weighted by molar-refractivity contribution is 0.472. The van der Waals surface area contributed by atoms with Gasteiger partial charge in [0.25, 0.3) is 30.4 Å². The number of nitrogen functional groups attached to an aromatic ring is 2. The highest BCUT2D eigenvalue weighted by molar-refractivity contribution is 7.86. The van der Waals surface area contributed by atoms with Crippen molar-refractivity contribution in [1.82, 2.24) is 0 Å². The van der Waals surface area contributed by atoms with Crippen LogP contribution in [0.5, 0.6) is 11.5 Å². The first-order chi connectivity index (χ1) is 27.2. The number of aromatic hydroxyl groups is 2. The molecule has 0 saturated heterocycles. The predicted molar refractivity (Wildman–Crippen MR) is 214 cm³/mol. The summed E-state index contributed by atoms with van der Waals surface area (Å²) in [5.74, 6) is -1.03. The number of thiol groups is 1. The molecule has 0 radical (unpaired) electrons. The van der Waals surface area contributed by atoms with Crippen LogP contribution in [-0.2, 0) is 30.4 Å². The summed E-state index contributed by atoms with van der Waals surface area (Å²) in [5, 5.41) is 46.2. The Kier molecular flexibility index (Phi) is 11.2. The minimum absolute atomic E-state index is 0.0399. The second-order valence-corrected chi connectivity index (χ2v) is 16.6. The van der Waals surface area contributed by atoms with Crippen LogP contribution in [0, 0.1) is 0 Å². The summed E-state index contributed by atoms with van der Waals surface area (Å²) in [6.45, 7) is 0. The molecule has 0 heterocycles. The van der Waals surface area contributed by atoms with E-state index in [2.05, 4.69) is 48.6 Å². The van der Waals surface area contributed by atoms with Gasteiger partial charge in [0.1, 0.15) is 37.5 Å². The van der Waals surface area contributed by atoms with Crippen LogP contribution in [0.25, 0.3) is 10.8 Å². The molecule has 0 amide bonds. The maximum atomic E-state index is 12.5. The molecule has 20 nitrogen and oxygen atoms in total. The number of hydrogen-bond donors (Lipinski definition) is 9. The van der Waals surface area contributed by atoms with Crippen molar-refractivity contribution in [3.63, 3.8) is 0 Å². The largest absolute Gasteiger partial charge is 0.508 e. The Hall–Kier alpha value is -6.54. The molecule has 0 unspecified atom stereocenters. The Labute approximate surface area is 334 Å². The maximum Gasteiger partial charge on any atom is 0.296 e. The van der Waals surface area contributed by atoms with E-state index in [1.807, 2.05) is 0 Å². The van der Waals surface area contributed by atoms with Crippen LogP contribution in [0.2, 0.25) is 0 Å². The number of phenolic OH excluding ortho intramolecular Hbond substituents is 2. The minimum atomic E-state index is -5.22. The first kappa shape index (κ1) is 41.1. The van der Waals surface area contributed by atoms with Crippen molar-refractivity contribution in [2.75, 3.05) is 16.8 Å². The SMILES string of the molecule is Nc1cc(O)ccc1/N=N/c1ccc(Nc2ccc(/N=N/c3c(S(=O)(=O)O)cc4cc(S(=O)(=O)O)c(/N=N/c5ccc(S)cc5)c(O)c4c3N)cc2S(=O)(=O)O)cc1. The number of nitrogens with two attached hydrogens (primary N) is 2. The molecule has 0 spiro atoms. The molecule has 10 N–H and O–H groups in total. The highest BCUT2D eigenvalue weighted by Crippen LogP contribution is 2.48. The zero-order valence-corrected chi connectivity index (χ0v) is 32.3. The van der Waals surface area contributed by atoms with Crippen molar-refractivity contribution in [2.45, 2.75) is 19.6 Å². The topological polar surface area (TPSA) is 342 Å². The third-order valence-electron chi connectivity index (χ3n) is 7.92. The van der Waals surface area contributed by atoms with Gasteiger partial charge in [0.05, 0.1) is 39.5 Å². The molecule has 0 aliphatic carbocycles. The molecule has 6 rings (SSSR count). The lowest BCUT2D eigenvalue weighted by Crippen LogP contribution is -2.04. The molecule has 58 heavy (non-hydrogen) atoms. The Morgan fingerprint density at radius 3 is 1.66 bits per heavy atom. The second-order valence-electron chi connectivity index (χ2n) is 11.9. The molecule has 24 heteroatoms. The van der Waals surface area contributed by atoms with E-state index < -0.39 is 78.6 Å². The van der Waals surface area contributed by atoms with Gasteiger partial charge in [-0.05, 0) is 96.4 Å². The molecule has 0 aromatic heterocycles. The standard InChI is InChI=1S/C34H27N9O11S4/c35-24-16-22(44)8-12-25(24)41-38-19-3-1-18(2-4-19)37-26-11-7-21(15-27(26)56(46,47)48)40-42-32-28(57(49,50)51)13-17-14-29(58(52,53)54)33(34(45)30(17)31(32)36)43-39-20-5-9-23(55)10-6-20/h1-16,37,44-45,55H,35-36H2,(H,46,47,48)(H,49,50,51)(H,52,53,54)/b41-38+,42-40+,43-39+. The summed E-state index contributed by atoms with van der Waals surface area (Å²) in [6, 6.07) is 21.0. The quantitative estimate of drug-likeness (QED) is 0.0255. The summed E-state index contributed by atoms with van der Waals surface area (Å²) >= 11 is 4.16. The van der Waals surface area contributed by atoms with E-state index in [4.69, 9.17) is 11.5 Å². The normalized spacial score (nSPS) is 12.6. The Balaban J connectivity index is 1.37. The molecule has 0 aliphatic heterocycles. The van der Waals surface area contributed by atoms with Gasteiger partial charge < -0.3 is 27.0 Å². The highest BCUT2D eigenvalue weighted by Gasteiger charge is 2.28. The molecule has 0 fully saturated rings. The van der Waals surface area contributed by atoms with Crippen LogP contribution in [0.4, 0.5) is 56.9 Å². The monoisotopic (exact) mass is 865 g/mol. The predicted octanol–water partition coefficient (Wildman–Crippen LogP) is 8.43. The zero-order chi connectivity index (χ0) is 42.2. The molecule has 6 aromatic carbocycles. The lowest BCUT2D eigenvalue weighted by Gasteiger charge is -2.14. The van der Waals surface area contributed by atoms with Gasteiger partial charge in [-0.2, -0.15) is 40.6 Å². The summed E-state index contributed by atoms with van der Waals surface area (Å²) in [7, 11) is -15.3. The number of fused-ring (bicyclic) bond motifs is 1. The van der Waals surface area contributed by atoms with Crippen molar-refractivity contribution < 1.29 is 49.1 Å². The molecular weight excluding hydrogens is 839 g/mol. The fraction of sp³-hybridized carbons (Fsp3) is 0. The van der Waals surface area contributed by atoms with Crippen molar-refractivity contribution in [1.29, 1.82) is 0 Å². The number of nitrogens with one attached hydrogen (secondary N) is 1. The maximum absolute atomic E-state index is 12.5. The van der Waals surface area contributed by atoms with Crippen molar-refractivity contribution >= 4 is 111 Å². The molecular formula is C34H27N9O11S4. The van der Waals surface area contributed by atoms with Crippen LogP contribution >= 0.6 is 12.6 Å². The number of anilines is 4. The average Bonchev–Trinajstić information content (AvgIpc) is 3.14. The van der Waals surface area contributed by atoms with Gasteiger partial charge in [-0.15, -0.1) is 28.0 Å². The smallest absolute Gasteiger partial charge is 0.296 e. The van der Waals surface area contributed by atoms with Gasteiger partial charge in [-0.1, -0.05) is 0 Å². The van der Waals surface area contributed by atoms with E-state index >= 15 is 0 Å². The van der Waals surface area contributed by atoms with Crippen LogP contribution in [-0.4, -0.2) is 49.1 Å². The summed E-state index contributed by atoms with van der Waals surface area (Å²) in [4.78, 5) is -2.14. The van der Waals surface area contributed by atoms with E-state index in [1.54, 1.807) is 12.1 Å². The Bertz CT molecular complexity index is 3050. The molecule has 0 aliphatic rings. The molecule has 6 aromatic rings. The summed E-state index contributed by atoms with van der Waals surface area (Å²) in [6.07, 6.45) is 0. The van der Waals surface area contributed by atoms with Crippen molar-refractivity contribution in [2.24, 2.45) is 30.7 Å². The van der Waals surface area contributed by atoms with Crippen LogP contribution in [0.15, 0.2) is 147 Å². The molecule has 0 bridgehead atoms. The van der Waals surface area contributed by atoms with E-state index in [0.717, 1.165) is 12.1 Å². The van der Waals surface area contributed by atoms with Gasteiger partial charge in [-0.3, -0.25) is 13.7 Å². The molecule has 298 valence electrons. The van der Waals surface area contributed by atoms with E-state index in [9.17, 15) is 49.1 Å². The van der Waals surface area contributed by atoms with Gasteiger partial charge in [0, 0.05) is 16.6 Å². The Morgan fingerprint density at radius 2 is 1.07 bits per heavy atom. The minimum Gasteiger partial charge on any atom is -0.508 e. The lowest BCUT2D eigenvalue weighted by atomic mass is 10.1. The van der Waals surface area contributed by atoms with E-state index in [1.165, 1.54) is 66.7 Å². The zero-order valence-electron chi connectivity index (χ0n) is 28.9. The molecule has 0 atom stereocenters. The van der Waals surface area contributed by atoms with Crippen LogP contribution in [0.3, 0.4) is 0 Å². The van der Waals surface area contributed by atoms with Crippen LogP contribution < -0.4 is 16.8 Å². The van der Waals surface area contributed by atoms with Crippen LogP contribution in [0.1, 0.15) is 0 Å². The Morgan fingerprint density at radius 1 is 0.552 bits per heavy atom. The van der Waals surface area contributed by atoms with Gasteiger partial charge in [-0.25, -0.2) is 0 Å². The average molecular weight is 866 g/mol. The third-order valence-corrected chi connectivity index (χ3v) is 10.9. The summed E-state index contributed by atoms with van der Waals surface area (Å²) < 4.78 is 105. The van der Waals surface area contributed by atoms with E-state index in [0.29, 0.717) is 28.0 Å². The first-order valence-corrected chi connectivity index (χ1v) is 20.6. The number of azo groups is 3. The number of benzene rings is 6. The van der Waals surface area contributed by atoms with E-state index in [-0.39, 0.29) is 28.5 Å². The van der Waals surface area contributed by atoms with Crippen molar-refractivity contribution in [3.8, 4) is 11.5 Å². The fourth-order valence-electron chi connectivity index (χ4n) is 5.24. The number of rotatable bonds is 11. The summed E-state index contributed by atoms with van der Waals surface area (Å²) in [5.41, 5.74) is 10.8. The van der Waals surface area contributed by atoms with Gasteiger partial charge >= 0.3 is 0 Å². The third kappa shape index (κ3) is 9.18. The fourth-order valence-corrected chi connectivity index (χ4v) is 7.38. The number of hydrogen-bond acceptors (Lipinski definition) is 18. The number of phenols is 2.